The number of anilines is 1. The molecular formula is C11H15N5. The van der Waals surface area contributed by atoms with Crippen molar-refractivity contribution in [1.82, 2.24) is 14.6 Å². The van der Waals surface area contributed by atoms with Crippen LogP contribution in [0.4, 0.5) is 5.95 Å². The van der Waals surface area contributed by atoms with Crippen molar-refractivity contribution in [2.75, 3.05) is 18.4 Å². The van der Waals surface area contributed by atoms with Gasteiger partial charge < -0.3 is 11.1 Å². The van der Waals surface area contributed by atoms with Gasteiger partial charge in [-0.15, -0.1) is 5.10 Å². The van der Waals surface area contributed by atoms with Crippen molar-refractivity contribution >= 4 is 11.6 Å². The Morgan fingerprint density at radius 3 is 3.12 bits per heavy atom. The lowest BCUT2D eigenvalue weighted by Crippen LogP contribution is -2.01. The quantitative estimate of drug-likeness (QED) is 0.749. The van der Waals surface area contributed by atoms with Gasteiger partial charge in [-0.1, -0.05) is 18.2 Å². The van der Waals surface area contributed by atoms with Crippen LogP contribution in [0.3, 0.4) is 0 Å². The molecule has 0 spiro atoms. The molecule has 0 aliphatic carbocycles. The van der Waals surface area contributed by atoms with Gasteiger partial charge in [0.1, 0.15) is 0 Å². The van der Waals surface area contributed by atoms with Gasteiger partial charge in [-0.05, 0) is 18.6 Å². The molecule has 0 saturated carbocycles. The Balaban J connectivity index is 2.14. The van der Waals surface area contributed by atoms with Crippen LogP contribution in [0.2, 0.25) is 0 Å². The average Bonchev–Trinajstić information content (AvgIpc) is 2.69. The number of aryl methyl sites for hydroxylation is 1. The highest BCUT2D eigenvalue weighted by Crippen LogP contribution is 2.09. The zero-order valence-corrected chi connectivity index (χ0v) is 9.22. The summed E-state index contributed by atoms with van der Waals surface area (Å²) in [5.74, 6) is 0.635. The minimum Gasteiger partial charge on any atom is -0.349 e. The van der Waals surface area contributed by atoms with E-state index in [9.17, 15) is 0 Å². The van der Waals surface area contributed by atoms with E-state index in [1.54, 1.807) is 4.52 Å². The summed E-state index contributed by atoms with van der Waals surface area (Å²) in [6.07, 6.45) is 5.74. The molecule has 0 radical (unpaired) electrons. The van der Waals surface area contributed by atoms with E-state index < -0.39 is 0 Å². The maximum atomic E-state index is 5.34. The summed E-state index contributed by atoms with van der Waals surface area (Å²) in [6, 6.07) is 3.97. The lowest BCUT2D eigenvalue weighted by Gasteiger charge is -1.93. The van der Waals surface area contributed by atoms with Crippen LogP contribution in [0.1, 0.15) is 5.56 Å². The molecule has 0 fully saturated rings. The smallest absolute Gasteiger partial charge is 0.243 e. The van der Waals surface area contributed by atoms with Gasteiger partial charge in [0.15, 0.2) is 5.65 Å². The zero-order chi connectivity index (χ0) is 11.4. The standard InChI is InChI=1S/C11H15N5/c1-9-5-4-8-16-10(9)14-11(15-16)13-7-3-2-6-12/h2-5,8H,6-7,12H2,1H3,(H,13,15)/b3-2+. The Morgan fingerprint density at radius 2 is 2.38 bits per heavy atom. The number of nitrogens with two attached hydrogens (primary N) is 1. The first-order valence-corrected chi connectivity index (χ1v) is 5.22. The molecule has 0 aromatic carbocycles. The highest BCUT2D eigenvalue weighted by molar-refractivity contribution is 5.49. The minimum atomic E-state index is 0.555. The van der Waals surface area contributed by atoms with Gasteiger partial charge in [-0.3, -0.25) is 0 Å². The molecule has 0 bridgehead atoms. The van der Waals surface area contributed by atoms with E-state index in [1.807, 2.05) is 37.4 Å². The molecular weight excluding hydrogens is 202 g/mol. The first-order chi connectivity index (χ1) is 7.81. The third-order valence-corrected chi connectivity index (χ3v) is 2.24. The summed E-state index contributed by atoms with van der Waals surface area (Å²) in [5.41, 5.74) is 7.33. The van der Waals surface area contributed by atoms with Gasteiger partial charge in [0.2, 0.25) is 5.95 Å². The Labute approximate surface area is 94.0 Å². The number of hydrogen-bond acceptors (Lipinski definition) is 4. The summed E-state index contributed by atoms with van der Waals surface area (Å²) in [5, 5.41) is 7.41. The molecule has 16 heavy (non-hydrogen) atoms. The minimum absolute atomic E-state index is 0.555. The second-order valence-electron chi connectivity index (χ2n) is 3.48. The number of rotatable bonds is 4. The first kappa shape index (κ1) is 10.6. The summed E-state index contributed by atoms with van der Waals surface area (Å²) in [4.78, 5) is 4.39. The number of nitrogens with zero attached hydrogens (tertiary/aromatic N) is 3. The van der Waals surface area contributed by atoms with E-state index in [4.69, 9.17) is 5.73 Å². The molecule has 0 aliphatic heterocycles. The topological polar surface area (TPSA) is 68.2 Å². The maximum absolute atomic E-state index is 5.34. The highest BCUT2D eigenvalue weighted by Gasteiger charge is 2.03. The molecule has 5 heteroatoms. The van der Waals surface area contributed by atoms with Gasteiger partial charge in [-0.25, -0.2) is 4.52 Å². The largest absolute Gasteiger partial charge is 0.349 e. The number of pyridine rings is 1. The van der Waals surface area contributed by atoms with E-state index in [2.05, 4.69) is 15.4 Å². The van der Waals surface area contributed by atoms with Gasteiger partial charge in [-0.2, -0.15) is 4.98 Å². The first-order valence-electron chi connectivity index (χ1n) is 5.22. The molecule has 2 heterocycles. The number of hydrogen-bond donors (Lipinski definition) is 2. The zero-order valence-electron chi connectivity index (χ0n) is 9.22. The van der Waals surface area contributed by atoms with E-state index in [0.29, 0.717) is 19.0 Å². The van der Waals surface area contributed by atoms with Crippen LogP contribution in [0.5, 0.6) is 0 Å². The van der Waals surface area contributed by atoms with E-state index in [-0.39, 0.29) is 0 Å². The van der Waals surface area contributed by atoms with Gasteiger partial charge in [0.05, 0.1) is 0 Å². The second kappa shape index (κ2) is 4.76. The van der Waals surface area contributed by atoms with Crippen molar-refractivity contribution in [2.45, 2.75) is 6.92 Å². The maximum Gasteiger partial charge on any atom is 0.243 e. The van der Waals surface area contributed by atoms with Crippen molar-refractivity contribution in [3.63, 3.8) is 0 Å². The van der Waals surface area contributed by atoms with Crippen LogP contribution in [0.15, 0.2) is 30.5 Å². The molecule has 0 atom stereocenters. The summed E-state index contributed by atoms with van der Waals surface area (Å²) >= 11 is 0. The Hall–Kier alpha value is -1.88. The SMILES string of the molecule is Cc1cccn2nc(NC/C=C/CN)nc12. The van der Waals surface area contributed by atoms with Gasteiger partial charge in [0, 0.05) is 19.3 Å². The van der Waals surface area contributed by atoms with E-state index in [1.165, 1.54) is 0 Å². The molecule has 0 saturated heterocycles. The van der Waals surface area contributed by atoms with Crippen LogP contribution in [0.25, 0.3) is 5.65 Å². The molecule has 84 valence electrons. The third-order valence-electron chi connectivity index (χ3n) is 2.24. The molecule has 0 aliphatic rings. The fourth-order valence-electron chi connectivity index (χ4n) is 1.44. The molecule has 2 aromatic heterocycles. The Bertz CT molecular complexity index is 500. The van der Waals surface area contributed by atoms with E-state index in [0.717, 1.165) is 11.2 Å². The molecule has 2 rings (SSSR count). The van der Waals surface area contributed by atoms with Crippen LogP contribution in [-0.2, 0) is 0 Å². The summed E-state index contributed by atoms with van der Waals surface area (Å²) in [7, 11) is 0. The Kier molecular flexibility index (Phi) is 3.16. The predicted octanol–water partition coefficient (Wildman–Crippen LogP) is 0.965. The fourth-order valence-corrected chi connectivity index (χ4v) is 1.44. The predicted molar refractivity (Wildman–Crippen MR) is 64.4 cm³/mol. The summed E-state index contributed by atoms with van der Waals surface area (Å²) < 4.78 is 1.77. The number of fused-ring (bicyclic) bond motifs is 1. The van der Waals surface area contributed by atoms with Crippen LogP contribution in [-0.4, -0.2) is 27.7 Å². The molecule has 0 amide bonds. The lowest BCUT2D eigenvalue weighted by molar-refractivity contribution is 0.954. The van der Waals surface area contributed by atoms with Crippen molar-refractivity contribution in [1.29, 1.82) is 0 Å². The normalized spacial score (nSPS) is 11.4. The highest BCUT2D eigenvalue weighted by atomic mass is 15.3. The van der Waals surface area contributed by atoms with Crippen molar-refractivity contribution in [3.05, 3.63) is 36.0 Å². The van der Waals surface area contributed by atoms with Gasteiger partial charge in [0.25, 0.3) is 0 Å². The number of aromatic nitrogens is 3. The molecule has 3 N–H and O–H groups in total. The van der Waals surface area contributed by atoms with Crippen LogP contribution in [0, 0.1) is 6.92 Å². The molecule has 5 nitrogen and oxygen atoms in total. The van der Waals surface area contributed by atoms with Crippen LogP contribution < -0.4 is 11.1 Å². The van der Waals surface area contributed by atoms with Crippen LogP contribution >= 0.6 is 0 Å². The Morgan fingerprint density at radius 1 is 1.50 bits per heavy atom. The molecule has 2 aromatic rings. The van der Waals surface area contributed by atoms with Crippen molar-refractivity contribution in [2.24, 2.45) is 5.73 Å². The lowest BCUT2D eigenvalue weighted by atomic mass is 10.3. The van der Waals surface area contributed by atoms with Gasteiger partial charge >= 0.3 is 0 Å². The fraction of sp³-hybridized carbons (Fsp3) is 0.273. The average molecular weight is 217 g/mol. The van der Waals surface area contributed by atoms with Crippen molar-refractivity contribution in [3.8, 4) is 0 Å². The third kappa shape index (κ3) is 2.20. The monoisotopic (exact) mass is 217 g/mol. The molecule has 0 unspecified atom stereocenters. The van der Waals surface area contributed by atoms with E-state index >= 15 is 0 Å². The number of nitrogens with one attached hydrogen (secondary N) is 1. The summed E-state index contributed by atoms with van der Waals surface area (Å²) in [6.45, 7) is 3.26. The van der Waals surface area contributed by atoms with Crippen molar-refractivity contribution < 1.29 is 0 Å². The second-order valence-corrected chi connectivity index (χ2v) is 3.48.